The summed E-state index contributed by atoms with van der Waals surface area (Å²) in [6.07, 6.45) is -3.37. The minimum absolute atomic E-state index is 0.0774. The fourth-order valence-corrected chi connectivity index (χ4v) is 2.57. The highest BCUT2D eigenvalue weighted by Gasteiger charge is 2.30. The Balaban J connectivity index is 3.05. The average molecular weight is 295 g/mol. The molecule has 0 fully saturated rings. The van der Waals surface area contributed by atoms with Crippen molar-refractivity contribution >= 4 is 10.0 Å². The number of hydrogen-bond donors (Lipinski definition) is 1. The molecule has 0 aliphatic heterocycles. The molecule has 0 aliphatic carbocycles. The number of benzene rings is 1. The molecule has 1 aromatic rings. The van der Waals surface area contributed by atoms with Crippen molar-refractivity contribution in [2.24, 2.45) is 5.92 Å². The molecule has 0 amide bonds. The third-order valence-corrected chi connectivity index (χ3v) is 3.29. The van der Waals surface area contributed by atoms with Crippen LogP contribution in [-0.4, -0.2) is 14.7 Å². The molecular formula is C12H16F3NO2S. The Bertz CT molecular complexity index is 521. The molecule has 7 heteroatoms. The average Bonchev–Trinajstić information content (AvgIpc) is 2.23. The lowest BCUT2D eigenvalue weighted by Crippen LogP contribution is -2.30. The molecular weight excluding hydrogens is 279 g/mol. The third-order valence-electron chi connectivity index (χ3n) is 2.60. The Morgan fingerprint density at radius 2 is 1.58 bits per heavy atom. The lowest BCUT2D eigenvalue weighted by Gasteiger charge is -2.22. The molecule has 0 bridgehead atoms. The molecule has 1 N–H and O–H groups in total. The van der Waals surface area contributed by atoms with Gasteiger partial charge in [-0.25, -0.2) is 13.1 Å². The van der Waals surface area contributed by atoms with Crippen molar-refractivity contribution in [3.05, 3.63) is 35.4 Å². The predicted octanol–water partition coefficient (Wildman–Crippen LogP) is 2.95. The van der Waals surface area contributed by atoms with Crippen LogP contribution >= 0.6 is 0 Å². The van der Waals surface area contributed by atoms with Crippen molar-refractivity contribution < 1.29 is 21.6 Å². The van der Waals surface area contributed by atoms with Gasteiger partial charge in [-0.2, -0.15) is 13.2 Å². The normalized spacial score (nSPS) is 14.7. The molecule has 108 valence electrons. The minimum atomic E-state index is -4.39. The van der Waals surface area contributed by atoms with E-state index in [0.29, 0.717) is 5.56 Å². The summed E-state index contributed by atoms with van der Waals surface area (Å²) >= 11 is 0. The molecule has 19 heavy (non-hydrogen) atoms. The van der Waals surface area contributed by atoms with Gasteiger partial charge in [0.05, 0.1) is 11.8 Å². The highest BCUT2D eigenvalue weighted by molar-refractivity contribution is 7.88. The molecule has 0 heterocycles. The van der Waals surface area contributed by atoms with Crippen LogP contribution in [0.5, 0.6) is 0 Å². The number of hydrogen-bond acceptors (Lipinski definition) is 2. The van der Waals surface area contributed by atoms with Crippen molar-refractivity contribution in [2.45, 2.75) is 26.1 Å². The molecule has 1 aromatic carbocycles. The van der Waals surface area contributed by atoms with Crippen LogP contribution in [0.15, 0.2) is 24.3 Å². The first-order valence-corrected chi connectivity index (χ1v) is 7.54. The van der Waals surface area contributed by atoms with Gasteiger partial charge in [0.2, 0.25) is 10.0 Å². The van der Waals surface area contributed by atoms with E-state index in [9.17, 15) is 21.6 Å². The van der Waals surface area contributed by atoms with Crippen LogP contribution in [-0.2, 0) is 16.2 Å². The minimum Gasteiger partial charge on any atom is -0.213 e. The molecule has 0 saturated carbocycles. The molecule has 0 saturated heterocycles. The van der Waals surface area contributed by atoms with Gasteiger partial charge in [-0.05, 0) is 23.6 Å². The number of sulfonamides is 1. The fraction of sp³-hybridized carbons (Fsp3) is 0.500. The van der Waals surface area contributed by atoms with Gasteiger partial charge in [0, 0.05) is 6.04 Å². The Morgan fingerprint density at radius 3 is 1.89 bits per heavy atom. The van der Waals surface area contributed by atoms with Crippen LogP contribution in [0, 0.1) is 5.92 Å². The maximum Gasteiger partial charge on any atom is 0.416 e. The summed E-state index contributed by atoms with van der Waals surface area (Å²) in [7, 11) is -3.43. The van der Waals surface area contributed by atoms with Crippen LogP contribution in [0.1, 0.15) is 31.0 Å². The van der Waals surface area contributed by atoms with E-state index >= 15 is 0 Å². The van der Waals surface area contributed by atoms with Gasteiger partial charge in [-0.15, -0.1) is 0 Å². The summed E-state index contributed by atoms with van der Waals surface area (Å²) in [6, 6.07) is 3.96. The number of alkyl halides is 3. The smallest absolute Gasteiger partial charge is 0.213 e. The van der Waals surface area contributed by atoms with Crippen molar-refractivity contribution in [2.75, 3.05) is 6.26 Å². The summed E-state index contributed by atoms with van der Waals surface area (Å²) in [4.78, 5) is 0. The number of rotatable bonds is 4. The Hall–Kier alpha value is -1.08. The lowest BCUT2D eigenvalue weighted by atomic mass is 9.96. The van der Waals surface area contributed by atoms with E-state index in [4.69, 9.17) is 0 Å². The molecule has 0 radical (unpaired) electrons. The second-order valence-corrected chi connectivity index (χ2v) is 6.51. The molecule has 1 rings (SSSR count). The largest absolute Gasteiger partial charge is 0.416 e. The van der Waals surface area contributed by atoms with Crippen molar-refractivity contribution in [3.63, 3.8) is 0 Å². The SMILES string of the molecule is CC(C)[C@@H](NS(C)(=O)=O)c1ccc(C(F)(F)F)cc1. The van der Waals surface area contributed by atoms with Gasteiger partial charge in [0.1, 0.15) is 0 Å². The zero-order chi connectivity index (χ0) is 14.8. The maximum atomic E-state index is 12.4. The second-order valence-electron chi connectivity index (χ2n) is 4.73. The van der Waals surface area contributed by atoms with Gasteiger partial charge >= 0.3 is 6.18 Å². The first kappa shape index (κ1) is 16.0. The standard InChI is InChI=1S/C12H16F3NO2S/c1-8(2)11(16-19(3,17)18)9-4-6-10(7-5-9)12(13,14)15/h4-8,11,16H,1-3H3/t11-/m1/s1. The summed E-state index contributed by atoms with van der Waals surface area (Å²) in [5, 5.41) is 0. The Morgan fingerprint density at radius 1 is 1.11 bits per heavy atom. The second kappa shape index (κ2) is 5.50. The Labute approximate surface area is 110 Å². The van der Waals surface area contributed by atoms with Gasteiger partial charge in [-0.1, -0.05) is 26.0 Å². The number of nitrogens with one attached hydrogen (secondary N) is 1. The summed E-state index contributed by atoms with van der Waals surface area (Å²) < 4.78 is 62.2. The van der Waals surface area contributed by atoms with Gasteiger partial charge in [-0.3, -0.25) is 0 Å². The highest BCUT2D eigenvalue weighted by Crippen LogP contribution is 2.31. The van der Waals surface area contributed by atoms with E-state index in [-0.39, 0.29) is 5.92 Å². The van der Waals surface area contributed by atoms with Crippen LogP contribution < -0.4 is 4.72 Å². The highest BCUT2D eigenvalue weighted by atomic mass is 32.2. The van der Waals surface area contributed by atoms with Crippen molar-refractivity contribution in [3.8, 4) is 0 Å². The summed E-state index contributed by atoms with van der Waals surface area (Å²) in [5.74, 6) is -0.0774. The molecule has 1 atom stereocenters. The lowest BCUT2D eigenvalue weighted by molar-refractivity contribution is -0.137. The topological polar surface area (TPSA) is 46.2 Å². The molecule has 0 unspecified atom stereocenters. The van der Waals surface area contributed by atoms with Crippen LogP contribution in [0.3, 0.4) is 0 Å². The maximum absolute atomic E-state index is 12.4. The van der Waals surface area contributed by atoms with E-state index in [1.165, 1.54) is 12.1 Å². The molecule has 0 aromatic heterocycles. The number of halogens is 3. The van der Waals surface area contributed by atoms with E-state index < -0.39 is 27.8 Å². The quantitative estimate of drug-likeness (QED) is 0.928. The van der Waals surface area contributed by atoms with E-state index in [1.54, 1.807) is 13.8 Å². The predicted molar refractivity (Wildman–Crippen MR) is 67.0 cm³/mol. The molecule has 0 spiro atoms. The van der Waals surface area contributed by atoms with Gasteiger partial charge < -0.3 is 0 Å². The van der Waals surface area contributed by atoms with Crippen molar-refractivity contribution in [1.82, 2.24) is 4.72 Å². The summed E-state index contributed by atoms with van der Waals surface area (Å²) in [5.41, 5.74) is -0.244. The Kier molecular flexibility index (Phi) is 4.63. The van der Waals surface area contributed by atoms with Gasteiger partial charge in [0.25, 0.3) is 0 Å². The van der Waals surface area contributed by atoms with E-state index in [1.807, 2.05) is 0 Å². The zero-order valence-corrected chi connectivity index (χ0v) is 11.6. The summed E-state index contributed by atoms with van der Waals surface area (Å²) in [6.45, 7) is 3.58. The zero-order valence-electron chi connectivity index (χ0n) is 10.8. The van der Waals surface area contributed by atoms with Gasteiger partial charge in [0.15, 0.2) is 0 Å². The molecule has 3 nitrogen and oxygen atoms in total. The van der Waals surface area contributed by atoms with Crippen LogP contribution in [0.2, 0.25) is 0 Å². The van der Waals surface area contributed by atoms with Crippen LogP contribution in [0.4, 0.5) is 13.2 Å². The molecule has 0 aliphatic rings. The van der Waals surface area contributed by atoms with E-state index in [2.05, 4.69) is 4.72 Å². The third kappa shape index (κ3) is 4.83. The first-order valence-electron chi connectivity index (χ1n) is 5.65. The first-order chi connectivity index (χ1) is 8.50. The monoisotopic (exact) mass is 295 g/mol. The fourth-order valence-electron chi connectivity index (χ4n) is 1.70. The van der Waals surface area contributed by atoms with Crippen molar-refractivity contribution in [1.29, 1.82) is 0 Å². The van der Waals surface area contributed by atoms with Crippen LogP contribution in [0.25, 0.3) is 0 Å². The van der Waals surface area contributed by atoms with E-state index in [0.717, 1.165) is 18.4 Å².